The van der Waals surface area contributed by atoms with E-state index in [0.29, 0.717) is 6.54 Å². The second kappa shape index (κ2) is 8.32. The van der Waals surface area contributed by atoms with Crippen molar-refractivity contribution >= 4 is 17.3 Å². The van der Waals surface area contributed by atoms with Gasteiger partial charge in [0, 0.05) is 42.7 Å². The van der Waals surface area contributed by atoms with Gasteiger partial charge in [-0.15, -0.1) is 0 Å². The molecule has 31 heavy (non-hydrogen) atoms. The Balaban J connectivity index is 1.62. The van der Waals surface area contributed by atoms with Crippen LogP contribution < -0.4 is 5.32 Å². The standard InChI is InChI=1S/C25H23N5S/c1-18-7-2-3-9-21(18)29-16-6-10-22(29)24-23(20-8-4-5-13-27-20)28-25(31)30(24)17-19-11-14-26-15-12-19/h2-16,23-24H,17H2,1H3,(H,28,31)/t23-,24+/m0/s1. The third kappa shape index (κ3) is 3.70. The van der Waals surface area contributed by atoms with Gasteiger partial charge in [0.25, 0.3) is 0 Å². The molecule has 3 aromatic heterocycles. The Morgan fingerprint density at radius 2 is 1.74 bits per heavy atom. The van der Waals surface area contributed by atoms with Gasteiger partial charge in [-0.2, -0.15) is 0 Å². The fraction of sp³-hybridized carbons (Fsp3) is 0.160. The van der Waals surface area contributed by atoms with Crippen LogP contribution in [0.4, 0.5) is 0 Å². The van der Waals surface area contributed by atoms with Crippen molar-refractivity contribution in [3.05, 3.63) is 114 Å². The lowest BCUT2D eigenvalue weighted by Crippen LogP contribution is -2.30. The van der Waals surface area contributed by atoms with Crippen LogP contribution in [0.5, 0.6) is 0 Å². The number of para-hydroxylation sites is 1. The maximum Gasteiger partial charge on any atom is 0.170 e. The van der Waals surface area contributed by atoms with Gasteiger partial charge >= 0.3 is 0 Å². The molecule has 0 spiro atoms. The monoisotopic (exact) mass is 425 g/mol. The van der Waals surface area contributed by atoms with Gasteiger partial charge in [-0.1, -0.05) is 24.3 Å². The third-order valence-corrected chi connectivity index (χ3v) is 6.11. The van der Waals surface area contributed by atoms with Gasteiger partial charge in [-0.25, -0.2) is 0 Å². The number of thiocarbonyl (C=S) groups is 1. The Morgan fingerprint density at radius 3 is 2.52 bits per heavy atom. The average Bonchev–Trinajstić information content (AvgIpc) is 3.40. The zero-order chi connectivity index (χ0) is 21.2. The van der Waals surface area contributed by atoms with E-state index in [4.69, 9.17) is 12.2 Å². The number of nitrogens with one attached hydrogen (secondary N) is 1. The normalized spacial score (nSPS) is 18.2. The summed E-state index contributed by atoms with van der Waals surface area (Å²) in [5, 5.41) is 4.27. The van der Waals surface area contributed by atoms with Crippen molar-refractivity contribution in [2.75, 3.05) is 0 Å². The SMILES string of the molecule is Cc1ccccc1-n1cccc1[C@@H]1[C@H](c2ccccn2)NC(=S)N1Cc1ccncc1. The summed E-state index contributed by atoms with van der Waals surface area (Å²) >= 11 is 5.82. The molecule has 6 heteroatoms. The van der Waals surface area contributed by atoms with E-state index in [0.717, 1.165) is 10.8 Å². The number of nitrogens with zero attached hydrogens (tertiary/aromatic N) is 4. The zero-order valence-electron chi connectivity index (χ0n) is 17.2. The van der Waals surface area contributed by atoms with Gasteiger partial charge in [-0.3, -0.25) is 9.97 Å². The van der Waals surface area contributed by atoms with E-state index in [2.05, 4.69) is 80.3 Å². The molecule has 0 aliphatic carbocycles. The quantitative estimate of drug-likeness (QED) is 0.468. The van der Waals surface area contributed by atoms with Crippen molar-refractivity contribution in [1.29, 1.82) is 0 Å². The van der Waals surface area contributed by atoms with Gasteiger partial charge in [0.15, 0.2) is 5.11 Å². The molecule has 0 amide bonds. The maximum atomic E-state index is 5.82. The van der Waals surface area contributed by atoms with Crippen LogP contribution in [0.25, 0.3) is 5.69 Å². The highest BCUT2D eigenvalue weighted by Crippen LogP contribution is 2.40. The number of pyridine rings is 2. The van der Waals surface area contributed by atoms with Crippen LogP contribution in [0.3, 0.4) is 0 Å². The highest BCUT2D eigenvalue weighted by atomic mass is 32.1. The Hall–Kier alpha value is -3.51. The first-order chi connectivity index (χ1) is 15.2. The lowest BCUT2D eigenvalue weighted by Gasteiger charge is -2.29. The van der Waals surface area contributed by atoms with Crippen molar-refractivity contribution < 1.29 is 0 Å². The summed E-state index contributed by atoms with van der Waals surface area (Å²) in [4.78, 5) is 11.1. The second-order valence-electron chi connectivity index (χ2n) is 7.70. The van der Waals surface area contributed by atoms with E-state index in [-0.39, 0.29) is 12.1 Å². The van der Waals surface area contributed by atoms with E-state index >= 15 is 0 Å². The molecular weight excluding hydrogens is 402 g/mol. The maximum absolute atomic E-state index is 5.82. The van der Waals surface area contributed by atoms with E-state index in [1.54, 1.807) is 0 Å². The van der Waals surface area contributed by atoms with Crippen molar-refractivity contribution in [3.63, 3.8) is 0 Å². The van der Waals surface area contributed by atoms with E-state index < -0.39 is 0 Å². The molecule has 1 aliphatic rings. The minimum absolute atomic E-state index is 0.00910. The minimum atomic E-state index is -0.0480. The number of rotatable bonds is 5. The summed E-state index contributed by atoms with van der Waals surface area (Å²) in [5.41, 5.74) is 5.71. The van der Waals surface area contributed by atoms with Crippen LogP contribution >= 0.6 is 12.2 Å². The van der Waals surface area contributed by atoms with Gasteiger partial charge in [0.05, 0.1) is 17.8 Å². The third-order valence-electron chi connectivity index (χ3n) is 5.76. The van der Waals surface area contributed by atoms with E-state index in [9.17, 15) is 0 Å². The topological polar surface area (TPSA) is 46.0 Å². The lowest BCUT2D eigenvalue weighted by atomic mass is 10.0. The summed E-state index contributed by atoms with van der Waals surface area (Å²) in [6.07, 6.45) is 7.61. The highest BCUT2D eigenvalue weighted by Gasteiger charge is 2.41. The predicted octanol–water partition coefficient (Wildman–Crippen LogP) is 4.75. The number of benzene rings is 1. The molecule has 2 atom stereocenters. The summed E-state index contributed by atoms with van der Waals surface area (Å²) < 4.78 is 2.27. The Labute approximate surface area is 187 Å². The molecule has 0 bridgehead atoms. The fourth-order valence-corrected chi connectivity index (χ4v) is 4.58. The number of hydrogen-bond donors (Lipinski definition) is 1. The molecule has 5 nitrogen and oxygen atoms in total. The summed E-state index contributed by atoms with van der Waals surface area (Å²) in [5.74, 6) is 0. The molecule has 1 saturated heterocycles. The van der Waals surface area contributed by atoms with Crippen LogP contribution in [-0.2, 0) is 6.54 Å². The summed E-state index contributed by atoms with van der Waals surface area (Å²) in [7, 11) is 0. The number of aryl methyl sites for hydroxylation is 1. The van der Waals surface area contributed by atoms with Crippen molar-refractivity contribution in [2.45, 2.75) is 25.6 Å². The van der Waals surface area contributed by atoms with Crippen LogP contribution in [0.1, 0.15) is 34.6 Å². The van der Waals surface area contributed by atoms with Gasteiger partial charge in [-0.05, 0) is 72.7 Å². The van der Waals surface area contributed by atoms with Gasteiger partial charge < -0.3 is 14.8 Å². The first-order valence-electron chi connectivity index (χ1n) is 10.3. The zero-order valence-corrected chi connectivity index (χ0v) is 18.0. The van der Waals surface area contributed by atoms with Crippen molar-refractivity contribution in [3.8, 4) is 5.69 Å². The van der Waals surface area contributed by atoms with Crippen LogP contribution in [0.15, 0.2) is 91.5 Å². The fourth-order valence-electron chi connectivity index (χ4n) is 4.27. The molecule has 5 rings (SSSR count). The first kappa shape index (κ1) is 19.5. The van der Waals surface area contributed by atoms with Crippen molar-refractivity contribution in [1.82, 2.24) is 24.8 Å². The molecule has 1 N–H and O–H groups in total. The summed E-state index contributed by atoms with van der Waals surface area (Å²) in [6.45, 7) is 2.84. The molecular formula is C25H23N5S. The molecule has 1 aliphatic heterocycles. The largest absolute Gasteiger partial charge is 0.352 e. The number of aromatic nitrogens is 3. The molecule has 154 valence electrons. The highest BCUT2D eigenvalue weighted by molar-refractivity contribution is 7.80. The first-order valence-corrected chi connectivity index (χ1v) is 10.7. The molecule has 4 heterocycles. The van der Waals surface area contributed by atoms with Crippen LogP contribution in [-0.4, -0.2) is 24.5 Å². The smallest absolute Gasteiger partial charge is 0.170 e. The molecule has 1 fully saturated rings. The second-order valence-corrected chi connectivity index (χ2v) is 8.09. The van der Waals surface area contributed by atoms with E-state index in [1.807, 2.05) is 42.9 Å². The molecule has 0 radical (unpaired) electrons. The molecule has 1 aromatic carbocycles. The minimum Gasteiger partial charge on any atom is -0.352 e. The molecule has 4 aromatic rings. The lowest BCUT2D eigenvalue weighted by molar-refractivity contribution is 0.302. The average molecular weight is 426 g/mol. The number of hydrogen-bond acceptors (Lipinski definition) is 3. The van der Waals surface area contributed by atoms with E-state index in [1.165, 1.54) is 22.5 Å². The predicted molar refractivity (Wildman–Crippen MR) is 126 cm³/mol. The molecule has 0 saturated carbocycles. The summed E-state index contributed by atoms with van der Waals surface area (Å²) in [6, 6.07) is 22.8. The van der Waals surface area contributed by atoms with Crippen LogP contribution in [0.2, 0.25) is 0 Å². The van der Waals surface area contributed by atoms with Gasteiger partial charge in [0.2, 0.25) is 0 Å². The van der Waals surface area contributed by atoms with Gasteiger partial charge in [0.1, 0.15) is 0 Å². The Kier molecular flexibility index (Phi) is 5.22. The van der Waals surface area contributed by atoms with Crippen LogP contribution in [0, 0.1) is 6.92 Å². The van der Waals surface area contributed by atoms with Crippen molar-refractivity contribution in [2.24, 2.45) is 0 Å². The molecule has 0 unspecified atom stereocenters. The Bertz CT molecular complexity index is 1190. The Morgan fingerprint density at radius 1 is 0.935 bits per heavy atom.